The van der Waals surface area contributed by atoms with Crippen LogP contribution in [0.25, 0.3) is 0 Å². The van der Waals surface area contributed by atoms with Crippen molar-refractivity contribution in [1.29, 1.82) is 0 Å². The molecule has 0 aliphatic heterocycles. The van der Waals surface area contributed by atoms with Crippen LogP contribution < -0.4 is 5.32 Å². The summed E-state index contributed by atoms with van der Waals surface area (Å²) in [7, 11) is 2.05. The molecule has 0 saturated carbocycles. The normalized spacial score (nSPS) is 16.8. The van der Waals surface area contributed by atoms with Crippen LogP contribution in [0.2, 0.25) is 0 Å². The van der Waals surface area contributed by atoms with E-state index in [-0.39, 0.29) is 0 Å². The molecule has 0 heterocycles. The summed E-state index contributed by atoms with van der Waals surface area (Å²) < 4.78 is 0. The number of nitrogens with zero attached hydrogens (tertiary/aromatic N) is 1. The predicted octanol–water partition coefficient (Wildman–Crippen LogP) is 1.95. The Hall–Kier alpha value is -0.610. The van der Waals surface area contributed by atoms with Gasteiger partial charge < -0.3 is 15.3 Å². The van der Waals surface area contributed by atoms with Gasteiger partial charge in [-0.1, -0.05) is 13.8 Å². The average Bonchev–Trinajstić information content (AvgIpc) is 2.31. The standard InChI is InChI=1S/C13H28N2O2/c1-6-9-14-13(4,12(16)17)8-10-15(5)11(3)7-2/h11,14H,6-10H2,1-5H3,(H,16,17). The summed E-state index contributed by atoms with van der Waals surface area (Å²) in [6.07, 6.45) is 2.66. The fourth-order valence-corrected chi connectivity index (χ4v) is 1.60. The van der Waals surface area contributed by atoms with E-state index >= 15 is 0 Å². The molecule has 2 unspecified atom stereocenters. The van der Waals surface area contributed by atoms with Gasteiger partial charge in [0.2, 0.25) is 0 Å². The second kappa shape index (κ2) is 7.67. The zero-order valence-electron chi connectivity index (χ0n) is 11.9. The van der Waals surface area contributed by atoms with Crippen LogP contribution in [0, 0.1) is 0 Å². The number of carbonyl (C=O) groups is 1. The SMILES string of the molecule is CCCNC(C)(CCN(C)C(C)CC)C(=O)O. The number of aliphatic carboxylic acids is 1. The average molecular weight is 244 g/mol. The molecule has 0 amide bonds. The lowest BCUT2D eigenvalue weighted by Gasteiger charge is -2.30. The van der Waals surface area contributed by atoms with Crippen LogP contribution in [0.3, 0.4) is 0 Å². The Balaban J connectivity index is 4.31. The third kappa shape index (κ3) is 5.50. The molecule has 0 saturated heterocycles. The highest BCUT2D eigenvalue weighted by Crippen LogP contribution is 2.12. The lowest BCUT2D eigenvalue weighted by molar-refractivity contribution is -0.144. The first-order chi connectivity index (χ1) is 7.87. The van der Waals surface area contributed by atoms with Gasteiger partial charge in [0, 0.05) is 12.6 Å². The van der Waals surface area contributed by atoms with E-state index in [0.29, 0.717) is 12.5 Å². The highest BCUT2D eigenvalue weighted by atomic mass is 16.4. The Morgan fingerprint density at radius 1 is 1.47 bits per heavy atom. The van der Waals surface area contributed by atoms with Crippen molar-refractivity contribution in [3.8, 4) is 0 Å². The lowest BCUT2D eigenvalue weighted by Crippen LogP contribution is -2.51. The molecular weight excluding hydrogens is 216 g/mol. The third-order valence-corrected chi connectivity index (χ3v) is 3.54. The summed E-state index contributed by atoms with van der Waals surface area (Å²) in [5.41, 5.74) is -0.808. The van der Waals surface area contributed by atoms with Crippen LogP contribution in [0.15, 0.2) is 0 Å². The predicted molar refractivity (Wildman–Crippen MR) is 71.3 cm³/mol. The number of rotatable bonds is 9. The third-order valence-electron chi connectivity index (χ3n) is 3.54. The van der Waals surface area contributed by atoms with Crippen molar-refractivity contribution >= 4 is 5.97 Å². The number of carboxylic acids is 1. The van der Waals surface area contributed by atoms with E-state index < -0.39 is 11.5 Å². The second-order valence-electron chi connectivity index (χ2n) is 5.05. The zero-order valence-corrected chi connectivity index (χ0v) is 11.9. The smallest absolute Gasteiger partial charge is 0.323 e. The Morgan fingerprint density at radius 2 is 2.06 bits per heavy atom. The van der Waals surface area contributed by atoms with Crippen LogP contribution in [0.5, 0.6) is 0 Å². The molecule has 2 N–H and O–H groups in total. The maximum absolute atomic E-state index is 11.3. The first kappa shape index (κ1) is 16.4. The van der Waals surface area contributed by atoms with Crippen LogP contribution in [-0.2, 0) is 4.79 Å². The molecule has 17 heavy (non-hydrogen) atoms. The van der Waals surface area contributed by atoms with Crippen molar-refractivity contribution in [2.24, 2.45) is 0 Å². The maximum atomic E-state index is 11.3. The van der Waals surface area contributed by atoms with Crippen molar-refractivity contribution in [2.75, 3.05) is 20.1 Å². The molecule has 0 fully saturated rings. The van der Waals surface area contributed by atoms with Crippen molar-refractivity contribution in [1.82, 2.24) is 10.2 Å². The molecule has 0 aliphatic carbocycles. The fraction of sp³-hybridized carbons (Fsp3) is 0.923. The maximum Gasteiger partial charge on any atom is 0.323 e. The molecule has 4 heteroatoms. The molecule has 4 nitrogen and oxygen atoms in total. The van der Waals surface area contributed by atoms with E-state index in [0.717, 1.165) is 25.9 Å². The van der Waals surface area contributed by atoms with Gasteiger partial charge >= 0.3 is 5.97 Å². The van der Waals surface area contributed by atoms with Crippen LogP contribution >= 0.6 is 0 Å². The number of carboxylic acid groups (broad SMARTS) is 1. The number of nitrogens with one attached hydrogen (secondary N) is 1. The molecule has 102 valence electrons. The summed E-state index contributed by atoms with van der Waals surface area (Å²) in [5.74, 6) is -0.761. The highest BCUT2D eigenvalue weighted by molar-refractivity contribution is 5.78. The second-order valence-corrected chi connectivity index (χ2v) is 5.05. The number of hydrogen-bond donors (Lipinski definition) is 2. The van der Waals surface area contributed by atoms with E-state index in [9.17, 15) is 9.90 Å². The molecule has 0 aliphatic rings. The molecule has 0 rings (SSSR count). The number of hydrogen-bond acceptors (Lipinski definition) is 3. The molecule has 0 aromatic rings. The minimum absolute atomic E-state index is 0.499. The quantitative estimate of drug-likeness (QED) is 0.651. The summed E-state index contributed by atoms with van der Waals surface area (Å²) in [4.78, 5) is 13.5. The topological polar surface area (TPSA) is 52.6 Å². The van der Waals surface area contributed by atoms with Crippen molar-refractivity contribution in [2.45, 2.75) is 58.5 Å². The fourth-order valence-electron chi connectivity index (χ4n) is 1.60. The van der Waals surface area contributed by atoms with E-state index in [1.54, 1.807) is 6.92 Å². The van der Waals surface area contributed by atoms with Crippen LogP contribution in [0.1, 0.15) is 47.0 Å². The Kier molecular flexibility index (Phi) is 7.39. The van der Waals surface area contributed by atoms with Gasteiger partial charge in [-0.25, -0.2) is 0 Å². The van der Waals surface area contributed by atoms with Gasteiger partial charge in [0.1, 0.15) is 5.54 Å². The molecule has 0 aromatic heterocycles. The lowest BCUT2D eigenvalue weighted by atomic mass is 9.97. The van der Waals surface area contributed by atoms with Crippen molar-refractivity contribution < 1.29 is 9.90 Å². The van der Waals surface area contributed by atoms with Gasteiger partial charge in [-0.3, -0.25) is 4.79 Å². The molecule has 2 atom stereocenters. The van der Waals surface area contributed by atoms with Crippen LogP contribution in [0.4, 0.5) is 0 Å². The minimum Gasteiger partial charge on any atom is -0.480 e. The summed E-state index contributed by atoms with van der Waals surface area (Å²) in [5, 5.41) is 12.4. The van der Waals surface area contributed by atoms with Gasteiger partial charge in [-0.2, -0.15) is 0 Å². The van der Waals surface area contributed by atoms with Crippen molar-refractivity contribution in [3.63, 3.8) is 0 Å². The summed E-state index contributed by atoms with van der Waals surface area (Å²) >= 11 is 0. The van der Waals surface area contributed by atoms with Gasteiger partial charge in [0.15, 0.2) is 0 Å². The molecular formula is C13H28N2O2. The van der Waals surface area contributed by atoms with Gasteiger partial charge in [0.25, 0.3) is 0 Å². The van der Waals surface area contributed by atoms with Crippen LogP contribution in [-0.4, -0.2) is 47.7 Å². The van der Waals surface area contributed by atoms with E-state index in [2.05, 4.69) is 31.1 Å². The first-order valence-corrected chi connectivity index (χ1v) is 6.56. The monoisotopic (exact) mass is 244 g/mol. The van der Waals surface area contributed by atoms with E-state index in [1.165, 1.54) is 0 Å². The van der Waals surface area contributed by atoms with E-state index in [4.69, 9.17) is 0 Å². The summed E-state index contributed by atoms with van der Waals surface area (Å²) in [6, 6.07) is 0.499. The largest absolute Gasteiger partial charge is 0.480 e. The highest BCUT2D eigenvalue weighted by Gasteiger charge is 2.32. The van der Waals surface area contributed by atoms with Gasteiger partial charge in [0.05, 0.1) is 0 Å². The minimum atomic E-state index is -0.808. The first-order valence-electron chi connectivity index (χ1n) is 6.56. The summed E-state index contributed by atoms with van der Waals surface area (Å²) in [6.45, 7) is 9.67. The van der Waals surface area contributed by atoms with Gasteiger partial charge in [-0.05, 0) is 46.7 Å². The van der Waals surface area contributed by atoms with E-state index in [1.807, 2.05) is 6.92 Å². The van der Waals surface area contributed by atoms with Crippen molar-refractivity contribution in [3.05, 3.63) is 0 Å². The molecule has 0 aromatic carbocycles. The molecule has 0 bridgehead atoms. The molecule has 0 radical (unpaired) electrons. The zero-order chi connectivity index (χ0) is 13.5. The van der Waals surface area contributed by atoms with Gasteiger partial charge in [-0.15, -0.1) is 0 Å². The Labute approximate surface area is 105 Å². The Morgan fingerprint density at radius 3 is 2.47 bits per heavy atom. The molecule has 0 spiro atoms. The Bertz CT molecular complexity index is 233.